The van der Waals surface area contributed by atoms with Gasteiger partial charge in [0, 0.05) is 32.6 Å². The molecule has 7 heteroatoms. The number of carboxylic acid groups (broad SMARTS) is 2. The average Bonchev–Trinajstić information content (AvgIpc) is 2.28. The number of hydrogen-bond donors (Lipinski definition) is 5. The Hall–Kier alpha value is -1.18. The van der Waals surface area contributed by atoms with Crippen molar-refractivity contribution < 1.29 is 19.8 Å². The van der Waals surface area contributed by atoms with Crippen LogP contribution in [-0.2, 0) is 9.59 Å². The molecule has 0 rings (SSSR count). The minimum absolute atomic E-state index is 0.0979. The lowest BCUT2D eigenvalue weighted by atomic mass is 9.88. The molecule has 0 aliphatic carbocycles. The van der Waals surface area contributed by atoms with Crippen LogP contribution < -0.4 is 16.8 Å². The van der Waals surface area contributed by atoms with Crippen molar-refractivity contribution in [3.8, 4) is 0 Å². The lowest BCUT2D eigenvalue weighted by molar-refractivity contribution is -0.148. The van der Waals surface area contributed by atoms with Crippen LogP contribution in [0.25, 0.3) is 0 Å². The predicted octanol–water partition coefficient (Wildman–Crippen LogP) is -0.545. The van der Waals surface area contributed by atoms with E-state index in [1.165, 1.54) is 13.8 Å². The fraction of sp³-hybridized carbons (Fsp3) is 0.818. The van der Waals surface area contributed by atoms with E-state index >= 15 is 0 Å². The Labute approximate surface area is 108 Å². The van der Waals surface area contributed by atoms with Crippen LogP contribution in [0.1, 0.15) is 26.7 Å². The van der Waals surface area contributed by atoms with Crippen LogP contribution in [0.2, 0.25) is 0 Å². The molecule has 0 saturated carbocycles. The van der Waals surface area contributed by atoms with Gasteiger partial charge < -0.3 is 27.0 Å². The summed E-state index contributed by atoms with van der Waals surface area (Å²) in [6.45, 7) is 6.16. The first-order valence-electron chi connectivity index (χ1n) is 5.84. The van der Waals surface area contributed by atoms with Crippen LogP contribution in [0.15, 0.2) is 0 Å². The highest BCUT2D eigenvalue weighted by Crippen LogP contribution is 2.21. The highest BCUT2D eigenvalue weighted by atomic mass is 16.4. The lowest BCUT2D eigenvalue weighted by Gasteiger charge is -2.16. The van der Waals surface area contributed by atoms with Crippen molar-refractivity contribution in [1.82, 2.24) is 5.32 Å². The molecule has 0 aromatic heterocycles. The molecule has 0 amide bonds. The Morgan fingerprint density at radius 1 is 1.11 bits per heavy atom. The maximum absolute atomic E-state index is 10.4. The van der Waals surface area contributed by atoms with Crippen molar-refractivity contribution in [2.75, 3.05) is 26.2 Å². The number of rotatable bonds is 8. The highest BCUT2D eigenvalue weighted by molar-refractivity contribution is 5.75. The molecule has 7 nitrogen and oxygen atoms in total. The topological polar surface area (TPSA) is 139 Å². The zero-order chi connectivity index (χ0) is 14.6. The van der Waals surface area contributed by atoms with Crippen LogP contribution >= 0.6 is 0 Å². The monoisotopic (exact) mass is 263 g/mol. The molecule has 0 radical (unpaired) electrons. The van der Waals surface area contributed by atoms with E-state index in [9.17, 15) is 9.59 Å². The largest absolute Gasteiger partial charge is 0.481 e. The molecule has 0 heterocycles. The first-order valence-corrected chi connectivity index (χ1v) is 5.84. The standard InChI is InChI=1S/C7H12O4.C4H13N3/c1-7(2,6(10)11)4-3-5(8)9;5-1-3-7-4-2-6/h3-4H2,1-2H3,(H,8,9)(H,10,11);7H,1-6H2. The molecule has 18 heavy (non-hydrogen) atoms. The van der Waals surface area contributed by atoms with E-state index in [4.69, 9.17) is 21.7 Å². The fourth-order valence-electron chi connectivity index (χ4n) is 0.855. The molecule has 108 valence electrons. The lowest BCUT2D eigenvalue weighted by Crippen LogP contribution is -2.27. The van der Waals surface area contributed by atoms with Gasteiger partial charge in [-0.3, -0.25) is 9.59 Å². The van der Waals surface area contributed by atoms with Crippen molar-refractivity contribution in [2.24, 2.45) is 16.9 Å². The third kappa shape index (κ3) is 12.9. The molecule has 0 bridgehead atoms. The fourth-order valence-corrected chi connectivity index (χ4v) is 0.855. The number of nitrogens with two attached hydrogens (primary N) is 2. The van der Waals surface area contributed by atoms with Gasteiger partial charge in [0.25, 0.3) is 0 Å². The maximum atomic E-state index is 10.4. The summed E-state index contributed by atoms with van der Waals surface area (Å²) in [4.78, 5) is 20.5. The minimum atomic E-state index is -0.959. The van der Waals surface area contributed by atoms with E-state index in [-0.39, 0.29) is 12.8 Å². The zero-order valence-electron chi connectivity index (χ0n) is 11.1. The molecular formula is C11H25N3O4. The summed E-state index contributed by atoms with van der Waals surface area (Å²) in [6, 6.07) is 0. The first-order chi connectivity index (χ1) is 8.27. The SMILES string of the molecule is CC(C)(CCC(=O)O)C(=O)O.NCCNCCN. The molecule has 0 aromatic rings. The Morgan fingerprint density at radius 2 is 1.56 bits per heavy atom. The van der Waals surface area contributed by atoms with E-state index in [0.29, 0.717) is 13.1 Å². The summed E-state index contributed by atoms with van der Waals surface area (Å²) in [5.74, 6) is -1.92. The van der Waals surface area contributed by atoms with Gasteiger partial charge in [-0.2, -0.15) is 0 Å². The Bertz CT molecular complexity index is 240. The second-order valence-corrected chi connectivity index (χ2v) is 4.41. The van der Waals surface area contributed by atoms with E-state index < -0.39 is 17.4 Å². The summed E-state index contributed by atoms with van der Waals surface area (Å²) in [6.07, 6.45) is 0.0664. The van der Waals surface area contributed by atoms with Crippen LogP contribution in [-0.4, -0.2) is 48.3 Å². The molecule has 7 N–H and O–H groups in total. The van der Waals surface area contributed by atoms with Gasteiger partial charge in [-0.1, -0.05) is 0 Å². The molecular weight excluding hydrogens is 238 g/mol. The average molecular weight is 263 g/mol. The third-order valence-corrected chi connectivity index (χ3v) is 2.19. The molecule has 0 aliphatic heterocycles. The number of carboxylic acids is 2. The summed E-state index contributed by atoms with van der Waals surface area (Å²) >= 11 is 0. The molecule has 0 atom stereocenters. The van der Waals surface area contributed by atoms with Gasteiger partial charge in [-0.05, 0) is 20.3 Å². The van der Waals surface area contributed by atoms with E-state index in [1.807, 2.05) is 0 Å². The normalized spacial score (nSPS) is 10.4. The minimum Gasteiger partial charge on any atom is -0.481 e. The molecule has 0 saturated heterocycles. The second-order valence-electron chi connectivity index (χ2n) is 4.41. The van der Waals surface area contributed by atoms with Gasteiger partial charge in [0.2, 0.25) is 0 Å². The Morgan fingerprint density at radius 3 is 1.83 bits per heavy atom. The van der Waals surface area contributed by atoms with Gasteiger partial charge in [0.1, 0.15) is 0 Å². The van der Waals surface area contributed by atoms with Crippen molar-refractivity contribution in [3.63, 3.8) is 0 Å². The number of nitrogens with one attached hydrogen (secondary N) is 1. The van der Waals surface area contributed by atoms with Crippen molar-refractivity contribution in [1.29, 1.82) is 0 Å². The van der Waals surface area contributed by atoms with Crippen molar-refractivity contribution >= 4 is 11.9 Å². The van der Waals surface area contributed by atoms with Gasteiger partial charge in [-0.15, -0.1) is 0 Å². The van der Waals surface area contributed by atoms with Crippen LogP contribution in [0.5, 0.6) is 0 Å². The van der Waals surface area contributed by atoms with E-state index in [2.05, 4.69) is 5.32 Å². The van der Waals surface area contributed by atoms with Gasteiger partial charge in [-0.25, -0.2) is 0 Å². The van der Waals surface area contributed by atoms with Gasteiger partial charge in [0.15, 0.2) is 0 Å². The third-order valence-electron chi connectivity index (χ3n) is 2.19. The Balaban J connectivity index is 0. The predicted molar refractivity (Wildman–Crippen MR) is 69.3 cm³/mol. The van der Waals surface area contributed by atoms with Crippen molar-refractivity contribution in [2.45, 2.75) is 26.7 Å². The van der Waals surface area contributed by atoms with Crippen molar-refractivity contribution in [3.05, 3.63) is 0 Å². The molecule has 0 spiro atoms. The number of aliphatic carboxylic acids is 2. The summed E-state index contributed by atoms with van der Waals surface area (Å²) < 4.78 is 0. The van der Waals surface area contributed by atoms with E-state index in [0.717, 1.165) is 13.1 Å². The van der Waals surface area contributed by atoms with Crippen LogP contribution in [0.4, 0.5) is 0 Å². The van der Waals surface area contributed by atoms with Crippen LogP contribution in [0, 0.1) is 5.41 Å². The number of hydrogen-bond acceptors (Lipinski definition) is 5. The highest BCUT2D eigenvalue weighted by Gasteiger charge is 2.27. The van der Waals surface area contributed by atoms with Gasteiger partial charge in [0.05, 0.1) is 5.41 Å². The molecule has 0 unspecified atom stereocenters. The molecule has 0 aliphatic rings. The first kappa shape index (κ1) is 19.2. The Kier molecular flexibility index (Phi) is 11.7. The summed E-state index contributed by atoms with van der Waals surface area (Å²) in [5.41, 5.74) is 9.40. The summed E-state index contributed by atoms with van der Waals surface area (Å²) in [7, 11) is 0. The molecule has 0 aromatic carbocycles. The maximum Gasteiger partial charge on any atom is 0.309 e. The smallest absolute Gasteiger partial charge is 0.309 e. The summed E-state index contributed by atoms with van der Waals surface area (Å²) in [5, 5.41) is 19.9. The second kappa shape index (κ2) is 10.9. The quantitative estimate of drug-likeness (QED) is 0.370. The van der Waals surface area contributed by atoms with Crippen LogP contribution in [0.3, 0.4) is 0 Å². The number of carbonyl (C=O) groups is 2. The molecule has 0 fully saturated rings. The zero-order valence-corrected chi connectivity index (χ0v) is 11.1. The van der Waals surface area contributed by atoms with E-state index in [1.54, 1.807) is 0 Å². The van der Waals surface area contributed by atoms with Gasteiger partial charge >= 0.3 is 11.9 Å².